The molecular weight excluding hydrogens is 236 g/mol. The van der Waals surface area contributed by atoms with Gasteiger partial charge in [-0.3, -0.25) is 4.79 Å². The number of thiophene rings is 1. The number of hydrogen-bond donors (Lipinski definition) is 3. The van der Waals surface area contributed by atoms with Gasteiger partial charge in [0.05, 0.1) is 12.0 Å². The Bertz CT molecular complexity index is 359. The van der Waals surface area contributed by atoms with E-state index in [1.807, 2.05) is 17.5 Å². The lowest BCUT2D eigenvalue weighted by Crippen LogP contribution is -2.53. The Morgan fingerprint density at radius 2 is 2.53 bits per heavy atom. The molecule has 2 rings (SSSR count). The maximum Gasteiger partial charge on any atom is 0.225 e. The highest BCUT2D eigenvalue weighted by Crippen LogP contribution is 2.15. The van der Waals surface area contributed by atoms with Crippen molar-refractivity contribution in [2.75, 3.05) is 19.6 Å². The number of piperidine rings is 1. The molecule has 0 aliphatic carbocycles. The standard InChI is InChI=1S/C12H18N2O2S/c15-11(7-10-3-1-6-17-10)14-9-12(16)4-2-5-13-8-12/h1,3,6,13,16H,2,4-5,7-9H2,(H,14,15). The number of β-amino-alcohol motifs (C(OH)–C–C–N with tert-alkyl or cyclic N) is 1. The van der Waals surface area contributed by atoms with E-state index in [4.69, 9.17) is 0 Å². The van der Waals surface area contributed by atoms with Crippen LogP contribution in [0.1, 0.15) is 17.7 Å². The summed E-state index contributed by atoms with van der Waals surface area (Å²) in [7, 11) is 0. The molecule has 1 aliphatic heterocycles. The summed E-state index contributed by atoms with van der Waals surface area (Å²) < 4.78 is 0. The maximum atomic E-state index is 11.7. The molecule has 1 saturated heterocycles. The number of carbonyl (C=O) groups is 1. The van der Waals surface area contributed by atoms with E-state index in [2.05, 4.69) is 10.6 Å². The van der Waals surface area contributed by atoms with Gasteiger partial charge >= 0.3 is 0 Å². The van der Waals surface area contributed by atoms with E-state index in [1.165, 1.54) is 0 Å². The van der Waals surface area contributed by atoms with Gasteiger partial charge in [-0.1, -0.05) is 6.07 Å². The molecule has 1 amide bonds. The number of hydrogen-bond acceptors (Lipinski definition) is 4. The molecule has 0 radical (unpaired) electrons. The van der Waals surface area contributed by atoms with E-state index in [0.29, 0.717) is 19.5 Å². The fourth-order valence-electron chi connectivity index (χ4n) is 2.00. The number of rotatable bonds is 4. The SMILES string of the molecule is O=C(Cc1cccs1)NCC1(O)CCCNC1. The molecule has 0 bridgehead atoms. The van der Waals surface area contributed by atoms with Gasteiger partial charge in [0.25, 0.3) is 0 Å². The van der Waals surface area contributed by atoms with Crippen LogP contribution in [0.4, 0.5) is 0 Å². The van der Waals surface area contributed by atoms with Crippen molar-refractivity contribution in [1.82, 2.24) is 10.6 Å². The van der Waals surface area contributed by atoms with Gasteiger partial charge in [0.15, 0.2) is 0 Å². The molecule has 4 nitrogen and oxygen atoms in total. The zero-order valence-electron chi connectivity index (χ0n) is 9.74. The normalized spacial score (nSPS) is 24.5. The number of amides is 1. The van der Waals surface area contributed by atoms with E-state index in [0.717, 1.165) is 24.3 Å². The minimum absolute atomic E-state index is 0.0218. The van der Waals surface area contributed by atoms with Crippen molar-refractivity contribution < 1.29 is 9.90 Å². The average Bonchev–Trinajstić information content (AvgIpc) is 2.80. The minimum Gasteiger partial charge on any atom is -0.387 e. The molecule has 1 atom stereocenters. The van der Waals surface area contributed by atoms with Gasteiger partial charge in [0, 0.05) is 18.0 Å². The van der Waals surface area contributed by atoms with Gasteiger partial charge < -0.3 is 15.7 Å². The first-order valence-corrected chi connectivity index (χ1v) is 6.78. The summed E-state index contributed by atoms with van der Waals surface area (Å²) in [5.41, 5.74) is -0.774. The Kier molecular flexibility index (Phi) is 4.15. The van der Waals surface area contributed by atoms with Crippen LogP contribution in [0.5, 0.6) is 0 Å². The van der Waals surface area contributed by atoms with Gasteiger partial charge in [-0.2, -0.15) is 0 Å². The third-order valence-electron chi connectivity index (χ3n) is 2.98. The number of nitrogens with one attached hydrogen (secondary N) is 2. The Morgan fingerprint density at radius 3 is 3.18 bits per heavy atom. The summed E-state index contributed by atoms with van der Waals surface area (Å²) in [5.74, 6) is -0.0218. The fourth-order valence-corrected chi connectivity index (χ4v) is 2.70. The maximum absolute atomic E-state index is 11.7. The summed E-state index contributed by atoms with van der Waals surface area (Å²) in [6.45, 7) is 1.85. The van der Waals surface area contributed by atoms with Crippen LogP contribution in [0, 0.1) is 0 Å². The van der Waals surface area contributed by atoms with Crippen LogP contribution in [0.3, 0.4) is 0 Å². The van der Waals surface area contributed by atoms with Gasteiger partial charge in [-0.05, 0) is 30.8 Å². The van der Waals surface area contributed by atoms with Crippen LogP contribution in [0.25, 0.3) is 0 Å². The fraction of sp³-hybridized carbons (Fsp3) is 0.583. The van der Waals surface area contributed by atoms with Crippen molar-refractivity contribution in [3.8, 4) is 0 Å². The highest BCUT2D eigenvalue weighted by atomic mass is 32.1. The molecule has 17 heavy (non-hydrogen) atoms. The Hall–Kier alpha value is -0.910. The lowest BCUT2D eigenvalue weighted by molar-refractivity contribution is -0.121. The molecular formula is C12H18N2O2S. The molecule has 0 aromatic carbocycles. The van der Waals surface area contributed by atoms with Crippen LogP contribution in [0.15, 0.2) is 17.5 Å². The van der Waals surface area contributed by atoms with E-state index in [1.54, 1.807) is 11.3 Å². The van der Waals surface area contributed by atoms with Crippen LogP contribution < -0.4 is 10.6 Å². The molecule has 5 heteroatoms. The van der Waals surface area contributed by atoms with Crippen LogP contribution in [-0.4, -0.2) is 36.2 Å². The molecule has 0 spiro atoms. The smallest absolute Gasteiger partial charge is 0.225 e. The summed E-state index contributed by atoms with van der Waals surface area (Å²) >= 11 is 1.58. The summed E-state index contributed by atoms with van der Waals surface area (Å²) in [5, 5.41) is 18.1. The van der Waals surface area contributed by atoms with Gasteiger partial charge in [-0.15, -0.1) is 11.3 Å². The monoisotopic (exact) mass is 254 g/mol. The lowest BCUT2D eigenvalue weighted by atomic mass is 9.94. The van der Waals surface area contributed by atoms with E-state index in [-0.39, 0.29) is 5.91 Å². The first-order valence-electron chi connectivity index (χ1n) is 5.90. The van der Waals surface area contributed by atoms with Crippen LogP contribution in [0.2, 0.25) is 0 Å². The van der Waals surface area contributed by atoms with Gasteiger partial charge in [0.1, 0.15) is 0 Å². The average molecular weight is 254 g/mol. The first-order chi connectivity index (χ1) is 8.18. The largest absolute Gasteiger partial charge is 0.387 e. The third-order valence-corrected chi connectivity index (χ3v) is 3.86. The molecule has 0 saturated carbocycles. The Labute approximate surface area is 105 Å². The molecule has 1 fully saturated rings. The second kappa shape index (κ2) is 5.62. The number of carbonyl (C=O) groups excluding carboxylic acids is 1. The zero-order valence-corrected chi connectivity index (χ0v) is 10.6. The quantitative estimate of drug-likeness (QED) is 0.734. The highest BCUT2D eigenvalue weighted by Gasteiger charge is 2.29. The molecule has 2 heterocycles. The Morgan fingerprint density at radius 1 is 1.65 bits per heavy atom. The second-order valence-corrected chi connectivity index (χ2v) is 5.57. The van der Waals surface area contributed by atoms with Crippen molar-refractivity contribution in [3.05, 3.63) is 22.4 Å². The summed E-state index contributed by atoms with van der Waals surface area (Å²) in [4.78, 5) is 12.7. The Balaban J connectivity index is 1.75. The van der Waals surface area contributed by atoms with E-state index < -0.39 is 5.60 Å². The predicted octanol–water partition coefficient (Wildman–Crippen LogP) is 0.521. The lowest BCUT2D eigenvalue weighted by Gasteiger charge is -2.32. The van der Waals surface area contributed by atoms with Crippen molar-refractivity contribution in [1.29, 1.82) is 0 Å². The van der Waals surface area contributed by atoms with E-state index in [9.17, 15) is 9.90 Å². The van der Waals surface area contributed by atoms with Crippen molar-refractivity contribution in [3.63, 3.8) is 0 Å². The summed E-state index contributed by atoms with van der Waals surface area (Å²) in [6.07, 6.45) is 2.11. The van der Waals surface area contributed by atoms with Crippen LogP contribution in [-0.2, 0) is 11.2 Å². The highest BCUT2D eigenvalue weighted by molar-refractivity contribution is 7.10. The van der Waals surface area contributed by atoms with Gasteiger partial charge in [-0.25, -0.2) is 0 Å². The number of aliphatic hydroxyl groups is 1. The molecule has 1 aromatic rings. The summed E-state index contributed by atoms with van der Waals surface area (Å²) in [6, 6.07) is 3.88. The van der Waals surface area contributed by atoms with Crippen molar-refractivity contribution >= 4 is 17.2 Å². The molecule has 94 valence electrons. The minimum atomic E-state index is -0.774. The van der Waals surface area contributed by atoms with E-state index >= 15 is 0 Å². The molecule has 1 aliphatic rings. The first kappa shape index (κ1) is 12.5. The zero-order chi connectivity index (χ0) is 12.1. The van der Waals surface area contributed by atoms with Crippen molar-refractivity contribution in [2.24, 2.45) is 0 Å². The van der Waals surface area contributed by atoms with Gasteiger partial charge in [0.2, 0.25) is 5.91 Å². The second-order valence-electron chi connectivity index (χ2n) is 4.54. The molecule has 1 aromatic heterocycles. The molecule has 3 N–H and O–H groups in total. The van der Waals surface area contributed by atoms with Crippen molar-refractivity contribution in [2.45, 2.75) is 24.9 Å². The predicted molar refractivity (Wildman–Crippen MR) is 68.1 cm³/mol. The topological polar surface area (TPSA) is 61.4 Å². The molecule has 1 unspecified atom stereocenters. The third kappa shape index (κ3) is 3.80. The van der Waals surface area contributed by atoms with Crippen LogP contribution >= 0.6 is 11.3 Å².